The van der Waals surface area contributed by atoms with Crippen LogP contribution in [0.5, 0.6) is 5.75 Å². The number of carbonyl (C=O) groups is 1. The van der Waals surface area contributed by atoms with Gasteiger partial charge in [-0.05, 0) is 42.3 Å². The summed E-state index contributed by atoms with van der Waals surface area (Å²) >= 11 is 6.20. The second-order valence-corrected chi connectivity index (χ2v) is 4.65. The fourth-order valence-electron chi connectivity index (χ4n) is 1.85. The van der Waals surface area contributed by atoms with E-state index in [9.17, 15) is 4.79 Å². The van der Waals surface area contributed by atoms with Crippen LogP contribution in [-0.4, -0.2) is 18.2 Å². The first kappa shape index (κ1) is 13.4. The first-order valence-electron chi connectivity index (χ1n) is 5.70. The van der Waals surface area contributed by atoms with Crippen molar-refractivity contribution in [1.82, 2.24) is 0 Å². The summed E-state index contributed by atoms with van der Waals surface area (Å²) in [6, 6.07) is 10.5. The molecule has 4 heteroatoms. The lowest BCUT2D eigenvalue weighted by molar-refractivity contribution is 0.0696. The van der Waals surface area contributed by atoms with E-state index in [1.54, 1.807) is 12.1 Å². The molecule has 0 aliphatic carbocycles. The molecule has 2 aromatic rings. The Bertz CT molecular complexity index is 635. The van der Waals surface area contributed by atoms with Crippen molar-refractivity contribution >= 4 is 17.6 Å². The largest absolute Gasteiger partial charge is 0.497 e. The van der Waals surface area contributed by atoms with Gasteiger partial charge in [0.15, 0.2) is 0 Å². The molecule has 19 heavy (non-hydrogen) atoms. The third kappa shape index (κ3) is 2.88. The average molecular weight is 277 g/mol. The van der Waals surface area contributed by atoms with Gasteiger partial charge in [-0.25, -0.2) is 4.79 Å². The van der Waals surface area contributed by atoms with Crippen molar-refractivity contribution in [3.8, 4) is 16.9 Å². The standard InChI is InChI=1S/C15H13ClO3/c1-9-3-4-13(14(16)5-9)10-6-11(15(17)18)8-12(7-10)19-2/h3-8H,1-2H3,(H,17,18). The lowest BCUT2D eigenvalue weighted by Gasteiger charge is -2.09. The van der Waals surface area contributed by atoms with Crippen LogP contribution in [0, 0.1) is 6.92 Å². The monoisotopic (exact) mass is 276 g/mol. The Morgan fingerprint density at radius 1 is 1.21 bits per heavy atom. The molecule has 0 spiro atoms. The number of ether oxygens (including phenoxy) is 1. The number of carboxylic acids is 1. The van der Waals surface area contributed by atoms with Crippen LogP contribution < -0.4 is 4.74 Å². The summed E-state index contributed by atoms with van der Waals surface area (Å²) in [4.78, 5) is 11.1. The van der Waals surface area contributed by atoms with Crippen molar-refractivity contribution < 1.29 is 14.6 Å². The minimum absolute atomic E-state index is 0.172. The Balaban J connectivity index is 2.60. The molecular formula is C15H13ClO3. The minimum atomic E-state index is -0.997. The minimum Gasteiger partial charge on any atom is -0.497 e. The molecule has 0 amide bonds. The Morgan fingerprint density at radius 2 is 1.95 bits per heavy atom. The molecule has 98 valence electrons. The van der Waals surface area contributed by atoms with Crippen LogP contribution in [0.4, 0.5) is 0 Å². The van der Waals surface area contributed by atoms with E-state index in [1.165, 1.54) is 13.2 Å². The molecule has 0 saturated carbocycles. The van der Waals surface area contributed by atoms with Crippen LogP contribution in [0.15, 0.2) is 36.4 Å². The smallest absolute Gasteiger partial charge is 0.335 e. The first-order valence-corrected chi connectivity index (χ1v) is 6.08. The molecule has 3 nitrogen and oxygen atoms in total. The predicted molar refractivity (Wildman–Crippen MR) is 75.1 cm³/mol. The molecule has 0 aliphatic rings. The Kier molecular flexibility index (Phi) is 3.76. The van der Waals surface area contributed by atoms with Crippen LogP contribution in [0.3, 0.4) is 0 Å². The van der Waals surface area contributed by atoms with E-state index in [1.807, 2.05) is 25.1 Å². The molecule has 0 heterocycles. The van der Waals surface area contributed by atoms with Gasteiger partial charge in [0.1, 0.15) is 5.75 Å². The second kappa shape index (κ2) is 5.33. The maximum Gasteiger partial charge on any atom is 0.335 e. The summed E-state index contributed by atoms with van der Waals surface area (Å²) in [5.74, 6) is -0.505. The lowest BCUT2D eigenvalue weighted by atomic mass is 10.0. The van der Waals surface area contributed by atoms with Crippen molar-refractivity contribution in [2.75, 3.05) is 7.11 Å². The molecule has 0 aromatic heterocycles. The Hall–Kier alpha value is -2.00. The number of aromatic carboxylic acids is 1. The number of methoxy groups -OCH3 is 1. The second-order valence-electron chi connectivity index (χ2n) is 4.24. The summed E-state index contributed by atoms with van der Waals surface area (Å²) in [7, 11) is 1.50. The van der Waals surface area contributed by atoms with Gasteiger partial charge in [-0.2, -0.15) is 0 Å². The van der Waals surface area contributed by atoms with Crippen LogP contribution in [0.1, 0.15) is 15.9 Å². The van der Waals surface area contributed by atoms with Crippen LogP contribution >= 0.6 is 11.6 Å². The van der Waals surface area contributed by atoms with Crippen LogP contribution in [0.25, 0.3) is 11.1 Å². The zero-order chi connectivity index (χ0) is 14.0. The van der Waals surface area contributed by atoms with Crippen LogP contribution in [-0.2, 0) is 0 Å². The third-order valence-corrected chi connectivity index (χ3v) is 3.14. The predicted octanol–water partition coefficient (Wildman–Crippen LogP) is 4.02. The zero-order valence-corrected chi connectivity index (χ0v) is 11.4. The van der Waals surface area contributed by atoms with E-state index in [0.29, 0.717) is 10.8 Å². The maximum atomic E-state index is 11.1. The number of benzene rings is 2. The fraction of sp³-hybridized carbons (Fsp3) is 0.133. The van der Waals surface area contributed by atoms with Gasteiger partial charge >= 0.3 is 5.97 Å². The van der Waals surface area contributed by atoms with Crippen molar-refractivity contribution in [3.05, 3.63) is 52.5 Å². The number of rotatable bonds is 3. The molecule has 0 atom stereocenters. The number of aryl methyl sites for hydroxylation is 1. The fourth-order valence-corrected chi connectivity index (χ4v) is 2.19. The summed E-state index contributed by atoms with van der Waals surface area (Å²) < 4.78 is 5.12. The highest BCUT2D eigenvalue weighted by atomic mass is 35.5. The number of hydrogen-bond acceptors (Lipinski definition) is 2. The van der Waals surface area contributed by atoms with Gasteiger partial charge in [0, 0.05) is 10.6 Å². The van der Waals surface area contributed by atoms with E-state index in [4.69, 9.17) is 21.4 Å². The van der Waals surface area contributed by atoms with Gasteiger partial charge < -0.3 is 9.84 Å². The normalized spacial score (nSPS) is 10.3. The van der Waals surface area contributed by atoms with Crippen molar-refractivity contribution in [3.63, 3.8) is 0 Å². The zero-order valence-electron chi connectivity index (χ0n) is 10.6. The molecule has 0 aliphatic heterocycles. The van der Waals surface area contributed by atoms with Crippen LogP contribution in [0.2, 0.25) is 5.02 Å². The molecule has 0 fully saturated rings. The van der Waals surface area contributed by atoms with Crippen molar-refractivity contribution in [2.45, 2.75) is 6.92 Å². The Morgan fingerprint density at radius 3 is 2.53 bits per heavy atom. The molecule has 0 unspecified atom stereocenters. The molecule has 0 radical (unpaired) electrons. The van der Waals surface area contributed by atoms with Gasteiger partial charge in [-0.15, -0.1) is 0 Å². The first-order chi connectivity index (χ1) is 9.01. The van der Waals surface area contributed by atoms with E-state index in [0.717, 1.165) is 16.7 Å². The van der Waals surface area contributed by atoms with Gasteiger partial charge in [0.25, 0.3) is 0 Å². The topological polar surface area (TPSA) is 46.5 Å². The highest BCUT2D eigenvalue weighted by Crippen LogP contribution is 2.32. The number of hydrogen-bond donors (Lipinski definition) is 1. The summed E-state index contributed by atoms with van der Waals surface area (Å²) in [5, 5.41) is 9.69. The van der Waals surface area contributed by atoms with E-state index >= 15 is 0 Å². The SMILES string of the molecule is COc1cc(C(=O)O)cc(-c2ccc(C)cc2Cl)c1. The highest BCUT2D eigenvalue weighted by molar-refractivity contribution is 6.33. The summed E-state index contributed by atoms with van der Waals surface area (Å²) in [6.45, 7) is 1.95. The molecule has 2 aromatic carbocycles. The third-order valence-electron chi connectivity index (χ3n) is 2.82. The number of carboxylic acid groups (broad SMARTS) is 1. The molecule has 1 N–H and O–H groups in total. The van der Waals surface area contributed by atoms with Gasteiger partial charge in [0.2, 0.25) is 0 Å². The van der Waals surface area contributed by atoms with E-state index in [-0.39, 0.29) is 5.56 Å². The highest BCUT2D eigenvalue weighted by Gasteiger charge is 2.11. The summed E-state index contributed by atoms with van der Waals surface area (Å²) in [6.07, 6.45) is 0. The van der Waals surface area contributed by atoms with E-state index in [2.05, 4.69) is 0 Å². The quantitative estimate of drug-likeness (QED) is 0.921. The van der Waals surface area contributed by atoms with Gasteiger partial charge in [-0.1, -0.05) is 23.7 Å². The molecule has 0 saturated heterocycles. The molecule has 2 rings (SSSR count). The number of halogens is 1. The van der Waals surface area contributed by atoms with Crippen molar-refractivity contribution in [1.29, 1.82) is 0 Å². The summed E-state index contributed by atoms with van der Waals surface area (Å²) in [5.41, 5.74) is 2.73. The maximum absolute atomic E-state index is 11.1. The van der Waals surface area contributed by atoms with E-state index < -0.39 is 5.97 Å². The van der Waals surface area contributed by atoms with Gasteiger partial charge in [-0.3, -0.25) is 0 Å². The van der Waals surface area contributed by atoms with Crippen molar-refractivity contribution in [2.24, 2.45) is 0 Å². The lowest BCUT2D eigenvalue weighted by Crippen LogP contribution is -1.98. The average Bonchev–Trinajstić information content (AvgIpc) is 2.38. The van der Waals surface area contributed by atoms with Gasteiger partial charge in [0.05, 0.1) is 12.7 Å². The molecular weight excluding hydrogens is 264 g/mol. The Labute approximate surface area is 116 Å². The molecule has 0 bridgehead atoms.